The SMILES string of the molecule is CC(CCC(C)c1cc(O)ns1)c1nnn[nH]1. The van der Waals surface area contributed by atoms with Crippen molar-refractivity contribution in [1.82, 2.24) is 25.0 Å². The zero-order valence-electron chi connectivity index (χ0n) is 9.79. The van der Waals surface area contributed by atoms with E-state index in [0.717, 1.165) is 23.5 Å². The second-order valence-corrected chi connectivity index (χ2v) is 5.09. The van der Waals surface area contributed by atoms with Crippen LogP contribution in [0.15, 0.2) is 6.07 Å². The smallest absolute Gasteiger partial charge is 0.222 e. The summed E-state index contributed by atoms with van der Waals surface area (Å²) in [4.78, 5) is 1.12. The first kappa shape index (κ1) is 12.0. The Morgan fingerprint density at radius 2 is 2.12 bits per heavy atom. The molecular formula is C10H15N5OS. The summed E-state index contributed by atoms with van der Waals surface area (Å²) in [5.74, 6) is 1.65. The van der Waals surface area contributed by atoms with Gasteiger partial charge in [-0.1, -0.05) is 13.8 Å². The van der Waals surface area contributed by atoms with Crippen molar-refractivity contribution in [3.8, 4) is 5.88 Å². The van der Waals surface area contributed by atoms with Crippen molar-refractivity contribution in [2.45, 2.75) is 38.5 Å². The minimum atomic E-state index is 0.115. The van der Waals surface area contributed by atoms with E-state index >= 15 is 0 Å². The van der Waals surface area contributed by atoms with Crippen LogP contribution in [0.4, 0.5) is 0 Å². The maximum Gasteiger partial charge on any atom is 0.222 e. The van der Waals surface area contributed by atoms with E-state index in [9.17, 15) is 5.11 Å². The number of hydrogen-bond acceptors (Lipinski definition) is 6. The lowest BCUT2D eigenvalue weighted by atomic mass is 9.97. The summed E-state index contributed by atoms with van der Waals surface area (Å²) in [7, 11) is 0. The van der Waals surface area contributed by atoms with Crippen molar-refractivity contribution < 1.29 is 5.11 Å². The third kappa shape index (κ3) is 3.00. The van der Waals surface area contributed by atoms with Crippen LogP contribution in [-0.2, 0) is 0 Å². The van der Waals surface area contributed by atoms with Crippen LogP contribution >= 0.6 is 11.5 Å². The zero-order valence-corrected chi connectivity index (χ0v) is 10.6. The number of tetrazole rings is 1. The highest BCUT2D eigenvalue weighted by molar-refractivity contribution is 7.06. The molecule has 92 valence electrons. The predicted octanol–water partition coefficient (Wildman–Crippen LogP) is 2.05. The fourth-order valence-corrected chi connectivity index (χ4v) is 2.37. The van der Waals surface area contributed by atoms with Crippen LogP contribution in [0.5, 0.6) is 5.88 Å². The molecule has 0 aliphatic heterocycles. The van der Waals surface area contributed by atoms with Gasteiger partial charge in [-0.25, -0.2) is 5.10 Å². The van der Waals surface area contributed by atoms with E-state index in [2.05, 4.69) is 38.8 Å². The summed E-state index contributed by atoms with van der Waals surface area (Å²) in [6.07, 6.45) is 2.01. The van der Waals surface area contributed by atoms with Crippen LogP contribution in [0.2, 0.25) is 0 Å². The minimum absolute atomic E-state index is 0.115. The largest absolute Gasteiger partial charge is 0.493 e. The van der Waals surface area contributed by atoms with Gasteiger partial charge in [0.2, 0.25) is 5.88 Å². The van der Waals surface area contributed by atoms with Gasteiger partial charge < -0.3 is 5.11 Å². The van der Waals surface area contributed by atoms with Crippen molar-refractivity contribution in [3.63, 3.8) is 0 Å². The van der Waals surface area contributed by atoms with Gasteiger partial charge in [-0.2, -0.15) is 4.37 Å². The molecule has 17 heavy (non-hydrogen) atoms. The van der Waals surface area contributed by atoms with Crippen LogP contribution in [0, 0.1) is 0 Å². The molecule has 2 unspecified atom stereocenters. The quantitative estimate of drug-likeness (QED) is 0.851. The summed E-state index contributed by atoms with van der Waals surface area (Å²) in [5, 5.41) is 23.0. The van der Waals surface area contributed by atoms with Gasteiger partial charge in [-0.3, -0.25) is 0 Å². The number of rotatable bonds is 5. The Kier molecular flexibility index (Phi) is 3.68. The van der Waals surface area contributed by atoms with Crippen molar-refractivity contribution in [1.29, 1.82) is 0 Å². The Hall–Kier alpha value is -1.50. The number of nitrogens with zero attached hydrogens (tertiary/aromatic N) is 4. The molecule has 0 aromatic carbocycles. The Morgan fingerprint density at radius 1 is 1.35 bits per heavy atom. The third-order valence-electron chi connectivity index (χ3n) is 2.86. The molecule has 2 atom stereocenters. The number of aromatic nitrogens is 5. The molecule has 0 fully saturated rings. The Morgan fingerprint density at radius 3 is 2.71 bits per heavy atom. The number of hydrogen-bond donors (Lipinski definition) is 2. The molecule has 0 saturated heterocycles. The van der Waals surface area contributed by atoms with Gasteiger partial charge in [-0.05, 0) is 40.7 Å². The molecule has 0 radical (unpaired) electrons. The molecule has 2 aromatic heterocycles. The Labute approximate surface area is 103 Å². The molecule has 2 heterocycles. The van der Waals surface area contributed by atoms with E-state index in [1.165, 1.54) is 11.5 Å². The molecule has 0 aliphatic rings. The minimum Gasteiger partial charge on any atom is -0.493 e. The highest BCUT2D eigenvalue weighted by Gasteiger charge is 2.14. The summed E-state index contributed by atoms with van der Waals surface area (Å²) < 4.78 is 3.87. The number of H-pyrrole nitrogens is 1. The number of aromatic amines is 1. The first-order valence-electron chi connectivity index (χ1n) is 5.56. The van der Waals surface area contributed by atoms with E-state index in [0.29, 0.717) is 11.8 Å². The maximum absolute atomic E-state index is 9.20. The van der Waals surface area contributed by atoms with Gasteiger partial charge in [0.1, 0.15) is 0 Å². The van der Waals surface area contributed by atoms with Crippen LogP contribution < -0.4 is 0 Å². The molecular weight excluding hydrogens is 238 g/mol. The van der Waals surface area contributed by atoms with E-state index in [1.54, 1.807) is 6.07 Å². The van der Waals surface area contributed by atoms with Crippen LogP contribution in [0.3, 0.4) is 0 Å². The highest BCUT2D eigenvalue weighted by Crippen LogP contribution is 2.29. The lowest BCUT2D eigenvalue weighted by molar-refractivity contribution is 0.459. The highest BCUT2D eigenvalue weighted by atomic mass is 32.1. The van der Waals surface area contributed by atoms with Gasteiger partial charge in [-0.15, -0.1) is 5.10 Å². The summed E-state index contributed by atoms with van der Waals surface area (Å²) in [6.45, 7) is 4.23. The van der Waals surface area contributed by atoms with E-state index in [1.807, 2.05) is 0 Å². The lowest BCUT2D eigenvalue weighted by Crippen LogP contribution is -1.99. The first-order chi connectivity index (χ1) is 8.16. The molecule has 0 aliphatic carbocycles. The topological polar surface area (TPSA) is 87.6 Å². The van der Waals surface area contributed by atoms with Gasteiger partial charge in [0.25, 0.3) is 0 Å². The predicted molar refractivity (Wildman–Crippen MR) is 64.0 cm³/mol. The molecule has 2 rings (SSSR count). The third-order valence-corrected chi connectivity index (χ3v) is 3.87. The van der Waals surface area contributed by atoms with Crippen molar-refractivity contribution in [3.05, 3.63) is 16.8 Å². The van der Waals surface area contributed by atoms with Crippen molar-refractivity contribution >= 4 is 11.5 Å². The van der Waals surface area contributed by atoms with Crippen LogP contribution in [-0.4, -0.2) is 30.1 Å². The average Bonchev–Trinajstić information content (AvgIpc) is 2.95. The van der Waals surface area contributed by atoms with Crippen LogP contribution in [0.25, 0.3) is 0 Å². The lowest BCUT2D eigenvalue weighted by Gasteiger charge is -2.11. The van der Waals surface area contributed by atoms with E-state index < -0.39 is 0 Å². The first-order valence-corrected chi connectivity index (χ1v) is 6.33. The molecule has 0 spiro atoms. The fourth-order valence-electron chi connectivity index (χ4n) is 1.67. The summed E-state index contributed by atoms with van der Waals surface area (Å²) >= 11 is 1.36. The normalized spacial score (nSPS) is 14.7. The van der Waals surface area contributed by atoms with Gasteiger partial charge in [0, 0.05) is 16.9 Å². The summed E-state index contributed by atoms with van der Waals surface area (Å²) in [6, 6.07) is 1.73. The maximum atomic E-state index is 9.20. The van der Waals surface area contributed by atoms with Gasteiger partial charge >= 0.3 is 0 Å². The molecule has 0 bridgehead atoms. The van der Waals surface area contributed by atoms with E-state index in [-0.39, 0.29) is 5.88 Å². The van der Waals surface area contributed by atoms with Gasteiger partial charge in [0.05, 0.1) is 0 Å². The average molecular weight is 253 g/mol. The number of nitrogens with one attached hydrogen (secondary N) is 1. The zero-order chi connectivity index (χ0) is 12.3. The standard InChI is InChI=1S/C10H15N5OS/c1-6(8-5-9(16)13-17-8)3-4-7(2)10-11-14-15-12-10/h5-7H,3-4H2,1-2H3,(H,13,16)(H,11,12,14,15). The number of aromatic hydroxyl groups is 1. The van der Waals surface area contributed by atoms with Crippen molar-refractivity contribution in [2.24, 2.45) is 0 Å². The van der Waals surface area contributed by atoms with Gasteiger partial charge in [0.15, 0.2) is 5.82 Å². The molecule has 0 saturated carbocycles. The molecule has 2 N–H and O–H groups in total. The Balaban J connectivity index is 1.86. The van der Waals surface area contributed by atoms with Crippen LogP contribution in [0.1, 0.15) is 49.2 Å². The van der Waals surface area contributed by atoms with E-state index in [4.69, 9.17) is 0 Å². The molecule has 2 aromatic rings. The monoisotopic (exact) mass is 253 g/mol. The fraction of sp³-hybridized carbons (Fsp3) is 0.600. The van der Waals surface area contributed by atoms with Crippen molar-refractivity contribution in [2.75, 3.05) is 0 Å². The second kappa shape index (κ2) is 5.22. The summed E-state index contributed by atoms with van der Waals surface area (Å²) in [5.41, 5.74) is 0. The molecule has 0 amide bonds. The Bertz CT molecular complexity index is 455. The molecule has 7 heteroatoms. The second-order valence-electron chi connectivity index (χ2n) is 4.25. The molecule has 6 nitrogen and oxygen atoms in total.